The number of anilines is 1. The lowest BCUT2D eigenvalue weighted by Crippen LogP contribution is -2.57. The highest BCUT2D eigenvalue weighted by molar-refractivity contribution is 7.12. The number of carboxylic acid groups (broad SMARTS) is 1. The van der Waals surface area contributed by atoms with Gasteiger partial charge in [-0.15, -0.1) is 11.3 Å². The van der Waals surface area contributed by atoms with Gasteiger partial charge in [-0.3, -0.25) is 0 Å². The molecular weight excluding hydrogens is 250 g/mol. The normalized spacial score (nSPS) is 21.9. The lowest BCUT2D eigenvalue weighted by atomic mass is 9.98. The van der Waals surface area contributed by atoms with Gasteiger partial charge >= 0.3 is 5.97 Å². The Morgan fingerprint density at radius 3 is 2.33 bits per heavy atom. The molecule has 0 radical (unpaired) electrons. The minimum atomic E-state index is -0.863. The van der Waals surface area contributed by atoms with Gasteiger partial charge in [-0.1, -0.05) is 0 Å². The molecule has 5 heteroatoms. The number of nitrogens with zero attached hydrogens (tertiary/aromatic N) is 1. The third-order valence-electron chi connectivity index (χ3n) is 2.86. The summed E-state index contributed by atoms with van der Waals surface area (Å²) < 4.78 is 6.01. The molecular formula is C13H19NO3S. The van der Waals surface area contributed by atoms with Crippen LogP contribution in [0.1, 0.15) is 37.4 Å². The SMILES string of the molecule is CC1(C)CN(c2csc(C(=O)O)c2)CC(C)(C)O1. The fourth-order valence-corrected chi connectivity index (χ4v) is 3.33. The van der Waals surface area contributed by atoms with Crippen LogP contribution in [0.5, 0.6) is 0 Å². The molecule has 100 valence electrons. The molecule has 0 unspecified atom stereocenters. The minimum absolute atomic E-state index is 0.229. The average Bonchev–Trinajstić information content (AvgIpc) is 2.60. The second kappa shape index (κ2) is 4.24. The topological polar surface area (TPSA) is 49.8 Å². The van der Waals surface area contributed by atoms with E-state index in [1.54, 1.807) is 6.07 Å². The van der Waals surface area contributed by atoms with Crippen LogP contribution in [0.3, 0.4) is 0 Å². The largest absolute Gasteiger partial charge is 0.477 e. The smallest absolute Gasteiger partial charge is 0.345 e. The van der Waals surface area contributed by atoms with Gasteiger partial charge in [-0.2, -0.15) is 0 Å². The summed E-state index contributed by atoms with van der Waals surface area (Å²) in [5, 5.41) is 10.9. The van der Waals surface area contributed by atoms with Crippen molar-refractivity contribution >= 4 is 23.0 Å². The van der Waals surface area contributed by atoms with Crippen molar-refractivity contribution in [1.29, 1.82) is 0 Å². The van der Waals surface area contributed by atoms with Crippen LogP contribution >= 0.6 is 11.3 Å². The highest BCUT2D eigenvalue weighted by Crippen LogP contribution is 2.33. The second-order valence-electron chi connectivity index (χ2n) is 5.95. The van der Waals surface area contributed by atoms with Crippen LogP contribution in [-0.4, -0.2) is 35.4 Å². The van der Waals surface area contributed by atoms with Crippen LogP contribution in [0.15, 0.2) is 11.4 Å². The zero-order chi connectivity index (χ0) is 13.6. The van der Waals surface area contributed by atoms with Crippen LogP contribution in [0.25, 0.3) is 0 Å². The molecule has 1 N–H and O–H groups in total. The molecule has 1 aliphatic rings. The molecule has 0 amide bonds. The molecule has 0 bridgehead atoms. The number of ether oxygens (including phenoxy) is 1. The summed E-state index contributed by atoms with van der Waals surface area (Å²) in [6, 6.07) is 1.74. The van der Waals surface area contributed by atoms with E-state index in [1.165, 1.54) is 11.3 Å². The van der Waals surface area contributed by atoms with Crippen molar-refractivity contribution < 1.29 is 14.6 Å². The van der Waals surface area contributed by atoms with E-state index >= 15 is 0 Å². The molecule has 1 aliphatic heterocycles. The molecule has 0 aromatic carbocycles. The van der Waals surface area contributed by atoms with Gasteiger partial charge in [0.2, 0.25) is 0 Å². The third kappa shape index (κ3) is 2.84. The van der Waals surface area contributed by atoms with Crippen molar-refractivity contribution in [2.45, 2.75) is 38.9 Å². The van der Waals surface area contributed by atoms with E-state index in [0.717, 1.165) is 18.8 Å². The van der Waals surface area contributed by atoms with Crippen LogP contribution in [0.2, 0.25) is 0 Å². The summed E-state index contributed by atoms with van der Waals surface area (Å²) >= 11 is 1.27. The van der Waals surface area contributed by atoms with Crippen molar-refractivity contribution in [3.8, 4) is 0 Å². The van der Waals surface area contributed by atoms with Crippen LogP contribution in [-0.2, 0) is 4.74 Å². The minimum Gasteiger partial charge on any atom is -0.477 e. The molecule has 1 fully saturated rings. The van der Waals surface area contributed by atoms with Crippen molar-refractivity contribution in [2.24, 2.45) is 0 Å². The van der Waals surface area contributed by atoms with E-state index in [1.807, 2.05) is 5.38 Å². The van der Waals surface area contributed by atoms with Crippen LogP contribution in [0.4, 0.5) is 5.69 Å². The van der Waals surface area contributed by atoms with Gasteiger partial charge in [0, 0.05) is 24.2 Å². The third-order valence-corrected chi connectivity index (χ3v) is 3.76. The van der Waals surface area contributed by atoms with Gasteiger partial charge in [0.15, 0.2) is 0 Å². The maximum atomic E-state index is 10.9. The fraction of sp³-hybridized carbons (Fsp3) is 0.615. The molecule has 18 heavy (non-hydrogen) atoms. The summed E-state index contributed by atoms with van der Waals surface area (Å²) in [6.45, 7) is 9.78. The van der Waals surface area contributed by atoms with Gasteiger partial charge in [0.25, 0.3) is 0 Å². The maximum absolute atomic E-state index is 10.9. The lowest BCUT2D eigenvalue weighted by molar-refractivity contribution is -0.133. The average molecular weight is 269 g/mol. The number of thiophene rings is 1. The van der Waals surface area contributed by atoms with E-state index in [-0.39, 0.29) is 11.2 Å². The number of hydrogen-bond donors (Lipinski definition) is 1. The first kappa shape index (κ1) is 13.4. The maximum Gasteiger partial charge on any atom is 0.345 e. The Morgan fingerprint density at radius 1 is 1.33 bits per heavy atom. The van der Waals surface area contributed by atoms with Crippen molar-refractivity contribution in [3.63, 3.8) is 0 Å². The zero-order valence-electron chi connectivity index (χ0n) is 11.2. The monoisotopic (exact) mass is 269 g/mol. The summed E-state index contributed by atoms with van der Waals surface area (Å²) in [5.41, 5.74) is 0.516. The highest BCUT2D eigenvalue weighted by Gasteiger charge is 2.38. The predicted octanol–water partition coefficient (Wildman–Crippen LogP) is 2.84. The molecule has 1 aromatic heterocycles. The quantitative estimate of drug-likeness (QED) is 0.897. The van der Waals surface area contributed by atoms with Crippen LogP contribution < -0.4 is 4.90 Å². The lowest BCUT2D eigenvalue weighted by Gasteiger charge is -2.47. The number of morpholine rings is 1. The molecule has 2 heterocycles. The van der Waals surface area contributed by atoms with Gasteiger partial charge in [-0.25, -0.2) is 4.79 Å². The summed E-state index contributed by atoms with van der Waals surface area (Å²) in [4.78, 5) is 13.5. The van der Waals surface area contributed by atoms with Gasteiger partial charge in [0.1, 0.15) is 4.88 Å². The Bertz CT molecular complexity index is 449. The molecule has 0 saturated carbocycles. The Hall–Kier alpha value is -1.07. The molecule has 4 nitrogen and oxygen atoms in total. The van der Waals surface area contributed by atoms with Crippen molar-refractivity contribution in [2.75, 3.05) is 18.0 Å². The number of carbonyl (C=O) groups is 1. The van der Waals surface area contributed by atoms with Crippen molar-refractivity contribution in [1.82, 2.24) is 0 Å². The Balaban J connectivity index is 2.24. The van der Waals surface area contributed by atoms with Gasteiger partial charge < -0.3 is 14.7 Å². The van der Waals surface area contributed by atoms with E-state index in [2.05, 4.69) is 32.6 Å². The van der Waals surface area contributed by atoms with E-state index < -0.39 is 5.97 Å². The standard InChI is InChI=1S/C13H19NO3S/c1-12(2)7-14(8-13(3,4)17-12)9-5-10(11(15)16)18-6-9/h5-6H,7-8H2,1-4H3,(H,15,16). The Labute approximate surface area is 111 Å². The first-order valence-corrected chi connectivity index (χ1v) is 6.83. The van der Waals surface area contributed by atoms with E-state index in [9.17, 15) is 4.79 Å². The van der Waals surface area contributed by atoms with Gasteiger partial charge in [0.05, 0.1) is 11.2 Å². The molecule has 0 aliphatic carbocycles. The highest BCUT2D eigenvalue weighted by atomic mass is 32.1. The number of carboxylic acids is 1. The van der Waals surface area contributed by atoms with Crippen molar-refractivity contribution in [3.05, 3.63) is 16.3 Å². The number of rotatable bonds is 2. The molecule has 2 rings (SSSR count). The second-order valence-corrected chi connectivity index (χ2v) is 6.86. The van der Waals surface area contributed by atoms with E-state index in [0.29, 0.717) is 4.88 Å². The Kier molecular flexibility index (Phi) is 3.15. The molecule has 1 saturated heterocycles. The summed E-state index contributed by atoms with van der Waals surface area (Å²) in [6.07, 6.45) is 0. The summed E-state index contributed by atoms with van der Waals surface area (Å²) in [5.74, 6) is -0.863. The predicted molar refractivity (Wildman–Crippen MR) is 72.7 cm³/mol. The number of aromatic carboxylic acids is 1. The first-order valence-electron chi connectivity index (χ1n) is 5.96. The molecule has 0 spiro atoms. The fourth-order valence-electron chi connectivity index (χ4n) is 2.57. The summed E-state index contributed by atoms with van der Waals surface area (Å²) in [7, 11) is 0. The molecule has 1 aromatic rings. The number of hydrogen-bond acceptors (Lipinski definition) is 4. The molecule has 0 atom stereocenters. The zero-order valence-corrected chi connectivity index (χ0v) is 12.0. The first-order chi connectivity index (χ1) is 8.19. The van der Waals surface area contributed by atoms with Crippen LogP contribution in [0, 0.1) is 0 Å². The Morgan fingerprint density at radius 2 is 1.89 bits per heavy atom. The van der Waals surface area contributed by atoms with Gasteiger partial charge in [-0.05, 0) is 33.8 Å². The van der Waals surface area contributed by atoms with E-state index in [4.69, 9.17) is 9.84 Å².